The van der Waals surface area contributed by atoms with Gasteiger partial charge in [-0.15, -0.1) is 0 Å². The first-order valence-electron chi connectivity index (χ1n) is 5.21. The van der Waals surface area contributed by atoms with Crippen LogP contribution in [0.5, 0.6) is 0 Å². The van der Waals surface area contributed by atoms with Gasteiger partial charge in [0.1, 0.15) is 5.54 Å². The van der Waals surface area contributed by atoms with Gasteiger partial charge in [0, 0.05) is 6.54 Å². The van der Waals surface area contributed by atoms with E-state index in [2.05, 4.69) is 5.32 Å². The van der Waals surface area contributed by atoms with Crippen molar-refractivity contribution in [2.24, 2.45) is 0 Å². The van der Waals surface area contributed by atoms with Gasteiger partial charge in [0.15, 0.2) is 0 Å². The second-order valence-corrected chi connectivity index (χ2v) is 3.90. The van der Waals surface area contributed by atoms with E-state index in [-0.39, 0.29) is 24.8 Å². The highest BCUT2D eigenvalue weighted by molar-refractivity contribution is 5.97. The van der Waals surface area contributed by atoms with Crippen molar-refractivity contribution in [3.63, 3.8) is 0 Å². The van der Waals surface area contributed by atoms with Gasteiger partial charge < -0.3 is 10.2 Å². The van der Waals surface area contributed by atoms with Gasteiger partial charge in [0.2, 0.25) is 11.8 Å². The molecule has 0 aromatic rings. The molecule has 1 heterocycles. The zero-order chi connectivity index (χ0) is 11.5. The predicted molar refractivity (Wildman–Crippen MR) is 54.0 cm³/mol. The molecule has 1 atom stereocenters. The molecule has 2 amide bonds. The van der Waals surface area contributed by atoms with E-state index in [1.165, 1.54) is 4.90 Å². The zero-order valence-corrected chi connectivity index (χ0v) is 9.18. The van der Waals surface area contributed by atoms with E-state index in [1.54, 1.807) is 6.92 Å². The number of hydrogen-bond donors (Lipinski definition) is 1. The van der Waals surface area contributed by atoms with Crippen LogP contribution in [0.4, 0.5) is 4.39 Å². The fourth-order valence-electron chi connectivity index (χ4n) is 1.78. The van der Waals surface area contributed by atoms with Crippen molar-refractivity contribution in [2.45, 2.75) is 32.2 Å². The molecule has 4 nitrogen and oxygen atoms in total. The molecule has 1 saturated heterocycles. The van der Waals surface area contributed by atoms with Crippen LogP contribution in [-0.2, 0) is 9.59 Å². The maximum absolute atomic E-state index is 12.1. The van der Waals surface area contributed by atoms with E-state index in [0.29, 0.717) is 13.0 Å². The molecular formula is C10H17FN2O2. The summed E-state index contributed by atoms with van der Waals surface area (Å²) in [4.78, 5) is 24.8. The topological polar surface area (TPSA) is 49.4 Å². The summed E-state index contributed by atoms with van der Waals surface area (Å²) in [6.45, 7) is 3.44. The fraction of sp³-hybridized carbons (Fsp3) is 0.800. The first-order valence-corrected chi connectivity index (χ1v) is 5.21. The lowest BCUT2D eigenvalue weighted by molar-refractivity contribution is -0.153. The van der Waals surface area contributed by atoms with E-state index in [0.717, 1.165) is 0 Å². The van der Waals surface area contributed by atoms with Crippen molar-refractivity contribution in [1.29, 1.82) is 0 Å². The Hall–Kier alpha value is -1.13. The quantitative estimate of drug-likeness (QED) is 0.742. The summed E-state index contributed by atoms with van der Waals surface area (Å²) in [6, 6.07) is 0. The average Bonchev–Trinajstić information content (AvgIpc) is 2.24. The minimum absolute atomic E-state index is 0.0285. The molecule has 1 aliphatic rings. The number of nitrogens with zero attached hydrogens (tertiary/aromatic N) is 1. The number of amides is 2. The van der Waals surface area contributed by atoms with Crippen LogP contribution in [0.3, 0.4) is 0 Å². The van der Waals surface area contributed by atoms with Crippen molar-refractivity contribution in [3.8, 4) is 0 Å². The molecule has 1 rings (SSSR count). The highest BCUT2D eigenvalue weighted by Gasteiger charge is 2.43. The van der Waals surface area contributed by atoms with Crippen LogP contribution in [-0.4, -0.2) is 42.0 Å². The van der Waals surface area contributed by atoms with Gasteiger partial charge in [-0.25, -0.2) is 0 Å². The Balaban J connectivity index is 2.83. The molecule has 1 N–H and O–H groups in total. The Kier molecular flexibility index (Phi) is 3.66. The summed E-state index contributed by atoms with van der Waals surface area (Å²) in [7, 11) is 0. The third kappa shape index (κ3) is 2.11. The second kappa shape index (κ2) is 4.59. The molecule has 0 spiro atoms. The molecule has 0 aromatic heterocycles. The molecular weight excluding hydrogens is 199 g/mol. The highest BCUT2D eigenvalue weighted by atomic mass is 19.1. The Morgan fingerprint density at radius 2 is 2.20 bits per heavy atom. The van der Waals surface area contributed by atoms with Gasteiger partial charge in [-0.1, -0.05) is 6.92 Å². The summed E-state index contributed by atoms with van der Waals surface area (Å²) in [5.74, 6) is -0.282. The summed E-state index contributed by atoms with van der Waals surface area (Å²) in [5.41, 5.74) is -0.815. The maximum atomic E-state index is 12.1. The van der Waals surface area contributed by atoms with Crippen LogP contribution in [0.1, 0.15) is 26.7 Å². The van der Waals surface area contributed by atoms with Crippen LogP contribution in [0.2, 0.25) is 0 Å². The number of piperazine rings is 1. The SMILES string of the molecule is CCC1(C)C(=O)NCC(=O)N1CCCF. The van der Waals surface area contributed by atoms with Crippen molar-refractivity contribution >= 4 is 11.8 Å². The molecule has 1 unspecified atom stereocenters. The normalized spacial score (nSPS) is 26.7. The molecule has 0 saturated carbocycles. The summed E-state index contributed by atoms with van der Waals surface area (Å²) in [6.07, 6.45) is 0.825. The maximum Gasteiger partial charge on any atom is 0.246 e. The van der Waals surface area contributed by atoms with Gasteiger partial charge in [0.25, 0.3) is 0 Å². The number of carbonyl (C=O) groups is 2. The molecule has 86 valence electrons. The molecule has 1 aliphatic heterocycles. The molecule has 0 aliphatic carbocycles. The average molecular weight is 216 g/mol. The van der Waals surface area contributed by atoms with Gasteiger partial charge in [0.05, 0.1) is 13.2 Å². The minimum atomic E-state index is -0.815. The Morgan fingerprint density at radius 3 is 2.73 bits per heavy atom. The van der Waals surface area contributed by atoms with Crippen molar-refractivity contribution in [3.05, 3.63) is 0 Å². The molecule has 0 aromatic carbocycles. The Morgan fingerprint density at radius 1 is 1.53 bits per heavy atom. The molecule has 5 heteroatoms. The van der Waals surface area contributed by atoms with Gasteiger partial charge in [-0.2, -0.15) is 0 Å². The lowest BCUT2D eigenvalue weighted by atomic mass is 9.92. The van der Waals surface area contributed by atoms with Gasteiger partial charge >= 0.3 is 0 Å². The van der Waals surface area contributed by atoms with Gasteiger partial charge in [-0.3, -0.25) is 14.0 Å². The van der Waals surface area contributed by atoms with Crippen LogP contribution < -0.4 is 5.32 Å². The highest BCUT2D eigenvalue weighted by Crippen LogP contribution is 2.23. The van der Waals surface area contributed by atoms with E-state index in [4.69, 9.17) is 0 Å². The van der Waals surface area contributed by atoms with E-state index in [1.807, 2.05) is 6.92 Å². The fourth-order valence-corrected chi connectivity index (χ4v) is 1.78. The summed E-state index contributed by atoms with van der Waals surface area (Å²) < 4.78 is 12.1. The lowest BCUT2D eigenvalue weighted by Gasteiger charge is -2.42. The second-order valence-electron chi connectivity index (χ2n) is 3.90. The van der Waals surface area contributed by atoms with Crippen molar-refractivity contribution in [1.82, 2.24) is 10.2 Å². The number of alkyl halides is 1. The van der Waals surface area contributed by atoms with E-state index < -0.39 is 12.2 Å². The Labute approximate surface area is 88.8 Å². The van der Waals surface area contributed by atoms with Crippen LogP contribution in [0.15, 0.2) is 0 Å². The van der Waals surface area contributed by atoms with E-state index in [9.17, 15) is 14.0 Å². The third-order valence-corrected chi connectivity index (χ3v) is 2.99. The number of halogens is 1. The van der Waals surface area contributed by atoms with Crippen molar-refractivity contribution < 1.29 is 14.0 Å². The Bertz CT molecular complexity index is 270. The number of hydrogen-bond acceptors (Lipinski definition) is 2. The monoisotopic (exact) mass is 216 g/mol. The van der Waals surface area contributed by atoms with Crippen LogP contribution in [0.25, 0.3) is 0 Å². The number of carbonyl (C=O) groups excluding carboxylic acids is 2. The number of rotatable bonds is 4. The van der Waals surface area contributed by atoms with Crippen molar-refractivity contribution in [2.75, 3.05) is 19.8 Å². The van der Waals surface area contributed by atoms with Gasteiger partial charge in [-0.05, 0) is 19.8 Å². The molecule has 0 radical (unpaired) electrons. The zero-order valence-electron chi connectivity index (χ0n) is 9.18. The molecule has 1 fully saturated rings. The summed E-state index contributed by atoms with van der Waals surface area (Å²) in [5, 5.41) is 2.56. The first-order chi connectivity index (χ1) is 7.06. The number of nitrogens with one attached hydrogen (secondary N) is 1. The first kappa shape index (κ1) is 11.9. The molecule has 0 bridgehead atoms. The lowest BCUT2D eigenvalue weighted by Crippen LogP contribution is -2.65. The summed E-state index contributed by atoms with van der Waals surface area (Å²) >= 11 is 0. The van der Waals surface area contributed by atoms with Crippen LogP contribution in [0, 0.1) is 0 Å². The third-order valence-electron chi connectivity index (χ3n) is 2.99. The molecule has 15 heavy (non-hydrogen) atoms. The van der Waals surface area contributed by atoms with E-state index >= 15 is 0 Å². The smallest absolute Gasteiger partial charge is 0.246 e. The van der Waals surface area contributed by atoms with Crippen LogP contribution >= 0.6 is 0 Å². The standard InChI is InChI=1S/C10H17FN2O2/c1-3-10(2)9(15)12-7-8(14)13(10)6-4-5-11/h3-7H2,1-2H3,(H,12,15). The largest absolute Gasteiger partial charge is 0.345 e. The predicted octanol–water partition coefficient (Wildman–Crippen LogP) is 0.473. The minimum Gasteiger partial charge on any atom is -0.345 e.